The van der Waals surface area contributed by atoms with Crippen LogP contribution in [0.15, 0.2) is 72.9 Å². The number of aromatic amines is 1. The van der Waals surface area contributed by atoms with Crippen LogP contribution in [0, 0.1) is 6.92 Å². The molecule has 216 valence electrons. The number of aromatic nitrogens is 1. The zero-order valence-electron chi connectivity index (χ0n) is 24.1. The summed E-state index contributed by atoms with van der Waals surface area (Å²) in [6.07, 6.45) is 2.64. The number of carbonyl (C=O) groups is 2. The molecular weight excluding hydrogens is 520 g/mol. The number of fused-ring (bicyclic) bond motifs is 1. The lowest BCUT2D eigenvalue weighted by atomic mass is 10.1. The van der Waals surface area contributed by atoms with Crippen molar-refractivity contribution in [1.82, 2.24) is 14.8 Å². The SMILES string of the molecule is COCCN(CC(=O)N(CCc1c[nH]c2ccccc12)Cc1ccc(OC)c(OC)c1)C(=O)Nc1ccc(C)cc1. The molecule has 9 nitrogen and oxygen atoms in total. The zero-order chi connectivity index (χ0) is 29.2. The van der Waals surface area contributed by atoms with E-state index >= 15 is 0 Å². The molecule has 0 saturated carbocycles. The standard InChI is InChI=1S/C32H38N4O5/c1-23-9-12-26(13-10-23)34-32(38)36(17-18-39-2)22-31(37)35(21-24-11-14-29(40-3)30(19-24)41-4)16-15-25-20-33-28-8-6-5-7-27(25)28/h5-14,19-20,33H,15-18,21-22H2,1-4H3,(H,34,38). The van der Waals surface area contributed by atoms with Crippen molar-refractivity contribution in [1.29, 1.82) is 0 Å². The number of anilines is 1. The Balaban J connectivity index is 1.54. The molecule has 3 amide bonds. The number of para-hydroxylation sites is 1. The summed E-state index contributed by atoms with van der Waals surface area (Å²) < 4.78 is 16.1. The Hall–Kier alpha value is -4.50. The number of nitrogens with one attached hydrogen (secondary N) is 2. The number of nitrogens with zero attached hydrogens (tertiary/aromatic N) is 2. The molecule has 0 saturated heterocycles. The van der Waals surface area contributed by atoms with Gasteiger partial charge in [0.15, 0.2) is 11.5 Å². The summed E-state index contributed by atoms with van der Waals surface area (Å²) >= 11 is 0. The summed E-state index contributed by atoms with van der Waals surface area (Å²) in [6, 6.07) is 20.9. The van der Waals surface area contributed by atoms with E-state index in [0.717, 1.165) is 27.6 Å². The molecule has 0 unspecified atom stereocenters. The highest BCUT2D eigenvalue weighted by molar-refractivity contribution is 5.92. The first-order valence-electron chi connectivity index (χ1n) is 13.6. The number of ether oxygens (including phenoxy) is 3. The van der Waals surface area contributed by atoms with Crippen molar-refractivity contribution in [2.75, 3.05) is 52.9 Å². The van der Waals surface area contributed by atoms with Gasteiger partial charge in [0, 0.05) is 49.5 Å². The summed E-state index contributed by atoms with van der Waals surface area (Å²) in [4.78, 5) is 33.6. The lowest BCUT2D eigenvalue weighted by molar-refractivity contribution is -0.132. The van der Waals surface area contributed by atoms with Crippen LogP contribution >= 0.6 is 0 Å². The molecule has 1 heterocycles. The third kappa shape index (κ3) is 7.79. The van der Waals surface area contributed by atoms with Crippen LogP contribution in [0.2, 0.25) is 0 Å². The smallest absolute Gasteiger partial charge is 0.322 e. The highest BCUT2D eigenvalue weighted by Gasteiger charge is 2.22. The van der Waals surface area contributed by atoms with Crippen molar-refractivity contribution in [2.24, 2.45) is 0 Å². The highest BCUT2D eigenvalue weighted by atomic mass is 16.5. The third-order valence-corrected chi connectivity index (χ3v) is 6.98. The van der Waals surface area contributed by atoms with Crippen LogP contribution in [0.3, 0.4) is 0 Å². The molecule has 9 heteroatoms. The first-order valence-corrected chi connectivity index (χ1v) is 13.6. The van der Waals surface area contributed by atoms with Crippen LogP contribution in [-0.2, 0) is 22.5 Å². The second kappa shape index (κ2) is 14.2. The molecule has 3 aromatic carbocycles. The molecule has 0 atom stereocenters. The quantitative estimate of drug-likeness (QED) is 0.234. The first-order chi connectivity index (χ1) is 19.9. The number of H-pyrrole nitrogens is 1. The normalized spacial score (nSPS) is 10.8. The van der Waals surface area contributed by atoms with Gasteiger partial charge in [0.05, 0.1) is 20.8 Å². The van der Waals surface area contributed by atoms with Gasteiger partial charge in [-0.15, -0.1) is 0 Å². The third-order valence-electron chi connectivity index (χ3n) is 6.98. The van der Waals surface area contributed by atoms with E-state index in [9.17, 15) is 9.59 Å². The fourth-order valence-corrected chi connectivity index (χ4v) is 4.64. The largest absolute Gasteiger partial charge is 0.493 e. The minimum atomic E-state index is -0.359. The van der Waals surface area contributed by atoms with Crippen molar-refractivity contribution < 1.29 is 23.8 Å². The van der Waals surface area contributed by atoms with E-state index in [1.54, 1.807) is 26.2 Å². The van der Waals surface area contributed by atoms with Crippen LogP contribution < -0.4 is 14.8 Å². The molecular formula is C32H38N4O5. The van der Waals surface area contributed by atoms with E-state index in [4.69, 9.17) is 14.2 Å². The maximum absolute atomic E-state index is 13.8. The maximum Gasteiger partial charge on any atom is 0.322 e. The minimum Gasteiger partial charge on any atom is -0.493 e. The van der Waals surface area contributed by atoms with E-state index < -0.39 is 0 Å². The lowest BCUT2D eigenvalue weighted by Gasteiger charge is -2.28. The predicted octanol–water partition coefficient (Wildman–Crippen LogP) is 5.25. The monoisotopic (exact) mass is 558 g/mol. The molecule has 0 spiro atoms. The van der Waals surface area contributed by atoms with Gasteiger partial charge >= 0.3 is 6.03 Å². The number of hydrogen-bond acceptors (Lipinski definition) is 5. The van der Waals surface area contributed by atoms with E-state index in [0.29, 0.717) is 43.3 Å². The summed E-state index contributed by atoms with van der Waals surface area (Å²) in [5.41, 5.74) is 4.83. The molecule has 0 aliphatic rings. The van der Waals surface area contributed by atoms with E-state index in [1.807, 2.05) is 73.8 Å². The Bertz CT molecular complexity index is 1450. The Labute approximate surface area is 241 Å². The van der Waals surface area contributed by atoms with Crippen LogP contribution in [0.5, 0.6) is 11.5 Å². The van der Waals surface area contributed by atoms with Crippen LogP contribution in [-0.4, -0.2) is 74.3 Å². The molecule has 0 radical (unpaired) electrons. The van der Waals surface area contributed by atoms with E-state index in [1.165, 1.54) is 4.90 Å². The summed E-state index contributed by atoms with van der Waals surface area (Å²) in [6.45, 7) is 3.28. The fraction of sp³-hybridized carbons (Fsp3) is 0.312. The second-order valence-corrected chi connectivity index (χ2v) is 9.82. The van der Waals surface area contributed by atoms with Crippen LogP contribution in [0.25, 0.3) is 10.9 Å². The lowest BCUT2D eigenvalue weighted by Crippen LogP contribution is -2.46. The molecule has 0 bridgehead atoms. The van der Waals surface area contributed by atoms with Gasteiger partial charge in [0.2, 0.25) is 5.91 Å². The molecule has 2 N–H and O–H groups in total. The van der Waals surface area contributed by atoms with Gasteiger partial charge < -0.3 is 34.3 Å². The summed E-state index contributed by atoms with van der Waals surface area (Å²) in [5.74, 6) is 1.04. The number of amides is 3. The predicted molar refractivity (Wildman–Crippen MR) is 161 cm³/mol. The van der Waals surface area contributed by atoms with Gasteiger partial charge in [-0.1, -0.05) is 42.0 Å². The fourth-order valence-electron chi connectivity index (χ4n) is 4.64. The number of rotatable bonds is 13. The Morgan fingerprint density at radius 3 is 2.37 bits per heavy atom. The van der Waals surface area contributed by atoms with Crippen molar-refractivity contribution in [3.8, 4) is 11.5 Å². The van der Waals surface area contributed by atoms with E-state index in [2.05, 4.69) is 16.4 Å². The maximum atomic E-state index is 13.8. The Morgan fingerprint density at radius 1 is 0.878 bits per heavy atom. The molecule has 4 rings (SSSR count). The van der Waals surface area contributed by atoms with Gasteiger partial charge in [-0.05, 0) is 54.8 Å². The number of benzene rings is 3. The number of hydrogen-bond donors (Lipinski definition) is 2. The van der Waals surface area contributed by atoms with Crippen LogP contribution in [0.1, 0.15) is 16.7 Å². The van der Waals surface area contributed by atoms with Crippen molar-refractivity contribution in [3.05, 3.63) is 89.6 Å². The molecule has 41 heavy (non-hydrogen) atoms. The molecule has 4 aromatic rings. The van der Waals surface area contributed by atoms with Gasteiger partial charge in [-0.25, -0.2) is 4.79 Å². The average Bonchev–Trinajstić information content (AvgIpc) is 3.41. The molecule has 0 aliphatic heterocycles. The molecule has 1 aromatic heterocycles. The van der Waals surface area contributed by atoms with Crippen LogP contribution in [0.4, 0.5) is 10.5 Å². The van der Waals surface area contributed by atoms with Gasteiger partial charge in [-0.2, -0.15) is 0 Å². The Morgan fingerprint density at radius 2 is 1.63 bits per heavy atom. The van der Waals surface area contributed by atoms with E-state index in [-0.39, 0.29) is 25.0 Å². The zero-order valence-corrected chi connectivity index (χ0v) is 24.1. The number of carbonyl (C=O) groups excluding carboxylic acids is 2. The highest BCUT2D eigenvalue weighted by Crippen LogP contribution is 2.28. The van der Waals surface area contributed by atoms with Gasteiger partial charge in [-0.3, -0.25) is 4.79 Å². The topological polar surface area (TPSA) is 96.1 Å². The first kappa shape index (κ1) is 29.5. The molecule has 0 fully saturated rings. The molecule has 0 aliphatic carbocycles. The summed E-state index contributed by atoms with van der Waals surface area (Å²) in [5, 5.41) is 4.03. The Kier molecular flexibility index (Phi) is 10.2. The summed E-state index contributed by atoms with van der Waals surface area (Å²) in [7, 11) is 4.75. The van der Waals surface area contributed by atoms with Crippen molar-refractivity contribution in [2.45, 2.75) is 19.9 Å². The number of aryl methyl sites for hydroxylation is 1. The second-order valence-electron chi connectivity index (χ2n) is 9.82. The minimum absolute atomic E-state index is 0.0950. The number of urea groups is 1. The number of methoxy groups -OCH3 is 3. The van der Waals surface area contributed by atoms with Crippen molar-refractivity contribution in [3.63, 3.8) is 0 Å². The van der Waals surface area contributed by atoms with Crippen molar-refractivity contribution >= 4 is 28.5 Å². The average molecular weight is 559 g/mol. The van der Waals surface area contributed by atoms with Gasteiger partial charge in [0.25, 0.3) is 0 Å². The van der Waals surface area contributed by atoms with Gasteiger partial charge in [0.1, 0.15) is 6.54 Å².